The van der Waals surface area contributed by atoms with Crippen molar-refractivity contribution in [3.8, 4) is 0 Å². The van der Waals surface area contributed by atoms with Crippen LogP contribution >= 0.6 is 0 Å². The van der Waals surface area contributed by atoms with Gasteiger partial charge in [0.25, 0.3) is 0 Å². The predicted octanol–water partition coefficient (Wildman–Crippen LogP) is 5.93. The van der Waals surface area contributed by atoms with Crippen LogP contribution in [-0.2, 0) is 4.74 Å². The zero-order valence-corrected chi connectivity index (χ0v) is 13.8. The van der Waals surface area contributed by atoms with Crippen LogP contribution in [0.2, 0.25) is 0 Å². The third-order valence-corrected chi connectivity index (χ3v) is 2.48. The number of hydrogen-bond donors (Lipinski definition) is 0. The molecular weight excluding hydrogens is 256 g/mol. The largest absolute Gasteiger partial charge is 0.385 e. The van der Waals surface area contributed by atoms with Crippen molar-refractivity contribution in [1.82, 2.24) is 0 Å². The highest BCUT2D eigenvalue weighted by Crippen LogP contribution is 2.06. The molecule has 0 amide bonds. The summed E-state index contributed by atoms with van der Waals surface area (Å²) in [5, 5.41) is 0. The van der Waals surface area contributed by atoms with E-state index in [1.165, 1.54) is 11.1 Å². The molecule has 0 atom stereocenters. The molecule has 2 rings (SSSR count). The molecule has 0 N–H and O–H groups in total. The Hall–Kier alpha value is -1.86. The van der Waals surface area contributed by atoms with Crippen LogP contribution in [0, 0.1) is 0 Å². The highest BCUT2D eigenvalue weighted by atomic mass is 16.5. The third-order valence-electron chi connectivity index (χ3n) is 2.48. The van der Waals surface area contributed by atoms with Crippen molar-refractivity contribution in [3.05, 3.63) is 71.8 Å². The van der Waals surface area contributed by atoms with Crippen LogP contribution in [0.15, 0.2) is 60.7 Å². The zero-order valence-electron chi connectivity index (χ0n) is 13.8. The van der Waals surface area contributed by atoms with E-state index in [1.807, 2.05) is 50.2 Å². The Kier molecular flexibility index (Phi) is 13.3. The predicted molar refractivity (Wildman–Crippen MR) is 95.3 cm³/mol. The summed E-state index contributed by atoms with van der Waals surface area (Å²) in [6.07, 6.45) is 5.36. The first-order valence-corrected chi connectivity index (χ1v) is 7.64. The molecule has 0 aliphatic rings. The van der Waals surface area contributed by atoms with Crippen LogP contribution < -0.4 is 0 Å². The molecule has 1 heteroatoms. The topological polar surface area (TPSA) is 9.23 Å². The molecule has 0 aliphatic heterocycles. The van der Waals surface area contributed by atoms with Crippen LogP contribution in [-0.4, -0.2) is 13.7 Å². The van der Waals surface area contributed by atoms with Crippen LogP contribution in [0.25, 0.3) is 12.2 Å². The molecule has 2 aromatic rings. The number of rotatable bonds is 4. The molecule has 0 radical (unpaired) electrons. The van der Waals surface area contributed by atoms with Gasteiger partial charge in [-0.2, -0.15) is 0 Å². The van der Waals surface area contributed by atoms with Gasteiger partial charge in [0.1, 0.15) is 0 Å². The summed E-state index contributed by atoms with van der Waals surface area (Å²) in [7, 11) is 1.71. The van der Waals surface area contributed by atoms with Gasteiger partial charge in [-0.25, -0.2) is 0 Å². The fraction of sp³-hybridized carbons (Fsp3) is 0.300. The molecule has 0 aliphatic carbocycles. The molecule has 21 heavy (non-hydrogen) atoms. The van der Waals surface area contributed by atoms with Crippen molar-refractivity contribution >= 4 is 12.2 Å². The standard InChI is InChI=1S/C14H12.C4H10O.C2H6/c1-3-7-13(8-4-1)11-12-14-9-5-2-6-10-14;1-3-4-5-2;1-2/h1-12H;3-4H2,1-2H3;1-2H3/b12-11+;;. The molecule has 0 heterocycles. The Morgan fingerprint density at radius 3 is 1.38 bits per heavy atom. The minimum Gasteiger partial charge on any atom is -0.385 e. The minimum absolute atomic E-state index is 0.889. The molecule has 0 unspecified atom stereocenters. The van der Waals surface area contributed by atoms with Gasteiger partial charge in [0.05, 0.1) is 0 Å². The maximum atomic E-state index is 4.69. The van der Waals surface area contributed by atoms with E-state index in [0.29, 0.717) is 0 Å². The van der Waals surface area contributed by atoms with Gasteiger partial charge in [0.2, 0.25) is 0 Å². The van der Waals surface area contributed by atoms with Crippen LogP contribution in [0.3, 0.4) is 0 Å². The van der Waals surface area contributed by atoms with Crippen molar-refractivity contribution in [2.24, 2.45) is 0 Å². The molecule has 114 valence electrons. The van der Waals surface area contributed by atoms with E-state index in [0.717, 1.165) is 13.0 Å². The molecular formula is C20H28O. The number of methoxy groups -OCH3 is 1. The lowest BCUT2D eigenvalue weighted by molar-refractivity contribution is 0.199. The minimum atomic E-state index is 0.889. The van der Waals surface area contributed by atoms with Gasteiger partial charge in [-0.1, -0.05) is 93.6 Å². The van der Waals surface area contributed by atoms with Gasteiger partial charge in [-0.3, -0.25) is 0 Å². The average Bonchev–Trinajstić information content (AvgIpc) is 2.58. The van der Waals surface area contributed by atoms with Crippen molar-refractivity contribution in [3.63, 3.8) is 0 Å². The lowest BCUT2D eigenvalue weighted by Gasteiger charge is -1.92. The Morgan fingerprint density at radius 1 is 0.762 bits per heavy atom. The van der Waals surface area contributed by atoms with Gasteiger partial charge in [0.15, 0.2) is 0 Å². The van der Waals surface area contributed by atoms with Gasteiger partial charge in [-0.15, -0.1) is 0 Å². The Morgan fingerprint density at radius 2 is 1.14 bits per heavy atom. The van der Waals surface area contributed by atoms with Crippen LogP contribution in [0.1, 0.15) is 38.3 Å². The fourth-order valence-electron chi connectivity index (χ4n) is 1.52. The quantitative estimate of drug-likeness (QED) is 0.633. The summed E-state index contributed by atoms with van der Waals surface area (Å²) < 4.78 is 4.69. The monoisotopic (exact) mass is 284 g/mol. The third kappa shape index (κ3) is 10.6. The first-order chi connectivity index (χ1) is 10.4. The summed E-state index contributed by atoms with van der Waals surface area (Å²) in [5.41, 5.74) is 2.47. The SMILES string of the molecule is C(=C\c1ccccc1)/c1ccccc1.CC.CCCOC. The van der Waals surface area contributed by atoms with E-state index in [4.69, 9.17) is 4.74 Å². The van der Waals surface area contributed by atoms with Crippen LogP contribution in [0.4, 0.5) is 0 Å². The normalized spacial score (nSPS) is 9.33. The van der Waals surface area contributed by atoms with Gasteiger partial charge < -0.3 is 4.74 Å². The summed E-state index contributed by atoms with van der Waals surface area (Å²) in [6, 6.07) is 20.6. The molecule has 0 saturated carbocycles. The lowest BCUT2D eigenvalue weighted by atomic mass is 10.1. The zero-order chi connectivity index (χ0) is 15.8. The maximum Gasteiger partial charge on any atom is 0.0459 e. The van der Waals surface area contributed by atoms with E-state index in [-0.39, 0.29) is 0 Å². The van der Waals surface area contributed by atoms with E-state index >= 15 is 0 Å². The maximum absolute atomic E-state index is 4.69. The molecule has 0 fully saturated rings. The lowest BCUT2D eigenvalue weighted by Crippen LogP contribution is -1.80. The Bertz CT molecular complexity index is 402. The Labute approximate surface area is 130 Å². The molecule has 1 nitrogen and oxygen atoms in total. The van der Waals surface area contributed by atoms with E-state index < -0.39 is 0 Å². The molecule has 0 saturated heterocycles. The van der Waals surface area contributed by atoms with Crippen molar-refractivity contribution in [2.45, 2.75) is 27.2 Å². The average molecular weight is 284 g/mol. The van der Waals surface area contributed by atoms with E-state index in [9.17, 15) is 0 Å². The highest BCUT2D eigenvalue weighted by Gasteiger charge is 1.84. The van der Waals surface area contributed by atoms with Crippen molar-refractivity contribution in [2.75, 3.05) is 13.7 Å². The van der Waals surface area contributed by atoms with Crippen LogP contribution in [0.5, 0.6) is 0 Å². The van der Waals surface area contributed by atoms with E-state index in [2.05, 4.69) is 43.3 Å². The summed E-state index contributed by atoms with van der Waals surface area (Å²) in [5.74, 6) is 0. The van der Waals surface area contributed by atoms with Gasteiger partial charge in [0, 0.05) is 13.7 Å². The summed E-state index contributed by atoms with van der Waals surface area (Å²) in [4.78, 5) is 0. The fourth-order valence-corrected chi connectivity index (χ4v) is 1.52. The molecule has 0 spiro atoms. The van der Waals surface area contributed by atoms with Crippen molar-refractivity contribution in [1.29, 1.82) is 0 Å². The smallest absolute Gasteiger partial charge is 0.0459 e. The van der Waals surface area contributed by atoms with Crippen molar-refractivity contribution < 1.29 is 4.74 Å². The summed E-state index contributed by atoms with van der Waals surface area (Å²) in [6.45, 7) is 6.98. The number of hydrogen-bond acceptors (Lipinski definition) is 1. The number of benzene rings is 2. The summed E-state index contributed by atoms with van der Waals surface area (Å²) >= 11 is 0. The molecule has 0 aromatic heterocycles. The second-order valence-electron chi connectivity index (χ2n) is 4.15. The second-order valence-corrected chi connectivity index (χ2v) is 4.15. The highest BCUT2D eigenvalue weighted by molar-refractivity contribution is 5.69. The first-order valence-electron chi connectivity index (χ1n) is 7.64. The molecule has 0 bridgehead atoms. The van der Waals surface area contributed by atoms with Gasteiger partial charge >= 0.3 is 0 Å². The molecule has 2 aromatic carbocycles. The second kappa shape index (κ2) is 14.5. The van der Waals surface area contributed by atoms with Gasteiger partial charge in [-0.05, 0) is 17.5 Å². The first kappa shape index (κ1) is 19.1. The Balaban J connectivity index is 0.000000489. The number of ether oxygens (including phenoxy) is 1. The van der Waals surface area contributed by atoms with E-state index in [1.54, 1.807) is 7.11 Å².